The topological polar surface area (TPSA) is 36.4 Å². The van der Waals surface area contributed by atoms with Crippen LogP contribution in [0, 0.1) is 6.92 Å². The van der Waals surface area contributed by atoms with E-state index in [9.17, 15) is 4.79 Å². The van der Waals surface area contributed by atoms with Crippen molar-refractivity contribution in [1.29, 1.82) is 0 Å². The third-order valence-corrected chi connectivity index (χ3v) is 5.59. The molecule has 3 aromatic rings. The van der Waals surface area contributed by atoms with Crippen LogP contribution in [0.4, 0.5) is 0 Å². The van der Waals surface area contributed by atoms with Crippen LogP contribution in [0.25, 0.3) is 11.1 Å². The van der Waals surface area contributed by atoms with E-state index in [2.05, 4.69) is 65.3 Å². The number of hydrogen-bond donors (Lipinski definition) is 0. The Morgan fingerprint density at radius 2 is 1.69 bits per heavy atom. The van der Waals surface area contributed by atoms with Gasteiger partial charge in [-0.3, -0.25) is 14.7 Å². The molecule has 1 aromatic heterocycles. The molecule has 0 atom stereocenters. The fourth-order valence-electron chi connectivity index (χ4n) is 3.89. The lowest BCUT2D eigenvalue weighted by atomic mass is 9.99. The van der Waals surface area contributed by atoms with Crippen molar-refractivity contribution in [2.75, 3.05) is 19.6 Å². The molecular formula is C25H27N3O. The number of benzene rings is 2. The van der Waals surface area contributed by atoms with Gasteiger partial charge in [-0.1, -0.05) is 54.6 Å². The molecular weight excluding hydrogens is 358 g/mol. The van der Waals surface area contributed by atoms with Crippen LogP contribution in [-0.4, -0.2) is 40.3 Å². The highest BCUT2D eigenvalue weighted by Crippen LogP contribution is 2.24. The van der Waals surface area contributed by atoms with E-state index >= 15 is 0 Å². The van der Waals surface area contributed by atoms with Gasteiger partial charge in [-0.05, 0) is 40.8 Å². The number of aryl methyl sites for hydroxylation is 1. The monoisotopic (exact) mass is 385 g/mol. The van der Waals surface area contributed by atoms with Gasteiger partial charge in [0.1, 0.15) is 0 Å². The predicted molar refractivity (Wildman–Crippen MR) is 116 cm³/mol. The number of rotatable bonds is 5. The van der Waals surface area contributed by atoms with Crippen LogP contribution in [0.5, 0.6) is 0 Å². The number of carbonyl (C=O) groups excluding carboxylic acids is 1. The first kappa shape index (κ1) is 19.3. The lowest BCUT2D eigenvalue weighted by Crippen LogP contribution is -2.32. The van der Waals surface area contributed by atoms with Gasteiger partial charge >= 0.3 is 0 Å². The maximum Gasteiger partial charge on any atom is 0.224 e. The van der Waals surface area contributed by atoms with Crippen molar-refractivity contribution < 1.29 is 4.79 Å². The van der Waals surface area contributed by atoms with E-state index in [0.717, 1.165) is 31.7 Å². The van der Waals surface area contributed by atoms with Crippen LogP contribution in [0.1, 0.15) is 23.1 Å². The minimum absolute atomic E-state index is 0.228. The molecule has 0 aliphatic carbocycles. The Labute approximate surface area is 172 Å². The maximum atomic E-state index is 12.5. The van der Waals surface area contributed by atoms with E-state index in [-0.39, 0.29) is 5.91 Å². The van der Waals surface area contributed by atoms with Crippen molar-refractivity contribution in [2.45, 2.75) is 26.4 Å². The standard InChI is InChI=1S/C25H27N3O/c1-20-5-2-3-7-24(20)23-10-8-21(9-11-23)18-27-14-12-25(29)28(16-15-27)19-22-6-4-13-26-17-22/h2-11,13,17H,12,14-16,18-19H2,1H3. The van der Waals surface area contributed by atoms with Crippen LogP contribution in [0.15, 0.2) is 73.1 Å². The van der Waals surface area contributed by atoms with Crippen LogP contribution >= 0.6 is 0 Å². The zero-order valence-corrected chi connectivity index (χ0v) is 16.9. The van der Waals surface area contributed by atoms with E-state index in [0.29, 0.717) is 13.0 Å². The molecule has 148 valence electrons. The molecule has 4 nitrogen and oxygen atoms in total. The Morgan fingerprint density at radius 1 is 0.862 bits per heavy atom. The summed E-state index contributed by atoms with van der Waals surface area (Å²) in [7, 11) is 0. The largest absolute Gasteiger partial charge is 0.337 e. The average Bonchev–Trinajstić information content (AvgIpc) is 2.92. The molecule has 0 bridgehead atoms. The summed E-state index contributed by atoms with van der Waals surface area (Å²) in [6, 6.07) is 21.3. The highest BCUT2D eigenvalue weighted by Gasteiger charge is 2.21. The van der Waals surface area contributed by atoms with E-state index in [1.807, 2.05) is 23.2 Å². The van der Waals surface area contributed by atoms with Gasteiger partial charge in [0.25, 0.3) is 0 Å². The fourth-order valence-corrected chi connectivity index (χ4v) is 3.89. The van der Waals surface area contributed by atoms with Gasteiger partial charge in [-0.15, -0.1) is 0 Å². The first-order valence-corrected chi connectivity index (χ1v) is 10.2. The molecule has 0 N–H and O–H groups in total. The molecule has 0 unspecified atom stereocenters. The Hall–Kier alpha value is -2.98. The summed E-state index contributed by atoms with van der Waals surface area (Å²) in [6.07, 6.45) is 4.17. The van der Waals surface area contributed by atoms with Crippen molar-refractivity contribution in [3.63, 3.8) is 0 Å². The predicted octanol–water partition coefficient (Wildman–Crippen LogP) is 4.29. The summed E-state index contributed by atoms with van der Waals surface area (Å²) in [5.41, 5.74) is 6.20. The normalized spacial score (nSPS) is 15.3. The Kier molecular flexibility index (Phi) is 6.01. The van der Waals surface area contributed by atoms with E-state index in [4.69, 9.17) is 0 Å². The van der Waals surface area contributed by atoms with E-state index in [1.165, 1.54) is 22.3 Å². The van der Waals surface area contributed by atoms with Crippen molar-refractivity contribution in [3.8, 4) is 11.1 Å². The summed E-state index contributed by atoms with van der Waals surface area (Å²) in [5.74, 6) is 0.228. The minimum Gasteiger partial charge on any atom is -0.337 e. The van der Waals surface area contributed by atoms with Crippen LogP contribution in [-0.2, 0) is 17.9 Å². The lowest BCUT2D eigenvalue weighted by Gasteiger charge is -2.22. The average molecular weight is 386 g/mol. The second kappa shape index (κ2) is 9.01. The fraction of sp³-hybridized carbons (Fsp3) is 0.280. The van der Waals surface area contributed by atoms with Gasteiger partial charge in [0.15, 0.2) is 0 Å². The lowest BCUT2D eigenvalue weighted by molar-refractivity contribution is -0.130. The van der Waals surface area contributed by atoms with Crippen molar-refractivity contribution in [1.82, 2.24) is 14.8 Å². The number of carbonyl (C=O) groups is 1. The number of pyridine rings is 1. The highest BCUT2D eigenvalue weighted by molar-refractivity contribution is 5.76. The molecule has 1 aliphatic heterocycles. The van der Waals surface area contributed by atoms with Crippen LogP contribution in [0.2, 0.25) is 0 Å². The molecule has 4 rings (SSSR count). The van der Waals surface area contributed by atoms with Gasteiger partial charge in [0.2, 0.25) is 5.91 Å². The summed E-state index contributed by atoms with van der Waals surface area (Å²) in [6.45, 7) is 6.13. The number of amides is 1. The smallest absolute Gasteiger partial charge is 0.224 e. The zero-order valence-electron chi connectivity index (χ0n) is 16.9. The number of hydrogen-bond acceptors (Lipinski definition) is 3. The molecule has 1 fully saturated rings. The van der Waals surface area contributed by atoms with Crippen molar-refractivity contribution in [2.24, 2.45) is 0 Å². The summed E-state index contributed by atoms with van der Waals surface area (Å²) >= 11 is 0. The molecule has 0 spiro atoms. The highest BCUT2D eigenvalue weighted by atomic mass is 16.2. The van der Waals surface area contributed by atoms with Crippen LogP contribution in [0.3, 0.4) is 0 Å². The quantitative estimate of drug-likeness (QED) is 0.657. The summed E-state index contributed by atoms with van der Waals surface area (Å²) in [5, 5.41) is 0. The zero-order chi connectivity index (χ0) is 20.1. The van der Waals surface area contributed by atoms with Gasteiger partial charge in [-0.2, -0.15) is 0 Å². The first-order chi connectivity index (χ1) is 14.2. The summed E-state index contributed by atoms with van der Waals surface area (Å²) < 4.78 is 0. The third-order valence-electron chi connectivity index (χ3n) is 5.59. The molecule has 29 heavy (non-hydrogen) atoms. The van der Waals surface area contributed by atoms with Gasteiger partial charge in [0, 0.05) is 51.5 Å². The first-order valence-electron chi connectivity index (χ1n) is 10.2. The number of aromatic nitrogens is 1. The molecule has 0 saturated carbocycles. The second-order valence-electron chi connectivity index (χ2n) is 7.71. The molecule has 1 aliphatic rings. The molecule has 4 heteroatoms. The summed E-state index contributed by atoms with van der Waals surface area (Å²) in [4.78, 5) is 21.0. The van der Waals surface area contributed by atoms with Crippen LogP contribution < -0.4 is 0 Å². The van der Waals surface area contributed by atoms with Gasteiger partial charge in [-0.25, -0.2) is 0 Å². The van der Waals surface area contributed by atoms with E-state index in [1.54, 1.807) is 6.20 Å². The Balaban J connectivity index is 1.37. The minimum atomic E-state index is 0.228. The second-order valence-corrected chi connectivity index (χ2v) is 7.71. The molecule has 1 amide bonds. The Morgan fingerprint density at radius 3 is 2.45 bits per heavy atom. The van der Waals surface area contributed by atoms with Crippen molar-refractivity contribution in [3.05, 3.63) is 89.7 Å². The molecule has 2 heterocycles. The molecule has 0 radical (unpaired) electrons. The van der Waals surface area contributed by atoms with Crippen molar-refractivity contribution >= 4 is 5.91 Å². The number of nitrogens with zero attached hydrogens (tertiary/aromatic N) is 3. The maximum absolute atomic E-state index is 12.5. The molecule has 2 aromatic carbocycles. The van der Waals surface area contributed by atoms with E-state index < -0.39 is 0 Å². The third kappa shape index (κ3) is 4.90. The SMILES string of the molecule is Cc1ccccc1-c1ccc(CN2CCC(=O)N(Cc3cccnc3)CC2)cc1. The molecule has 1 saturated heterocycles. The van der Waals surface area contributed by atoms with Gasteiger partial charge < -0.3 is 4.90 Å². The van der Waals surface area contributed by atoms with Gasteiger partial charge in [0.05, 0.1) is 0 Å². The Bertz CT molecular complexity index is 953.